The number of nitrogens with zero attached hydrogens (tertiary/aromatic N) is 4. The highest BCUT2D eigenvalue weighted by molar-refractivity contribution is 5.67. The van der Waals surface area contributed by atoms with Gasteiger partial charge in [-0.3, -0.25) is 0 Å². The van der Waals surface area contributed by atoms with E-state index < -0.39 is 5.82 Å². The van der Waals surface area contributed by atoms with Crippen LogP contribution in [0.3, 0.4) is 0 Å². The van der Waals surface area contributed by atoms with E-state index in [4.69, 9.17) is 15.1 Å². The fraction of sp³-hybridized carbons (Fsp3) is 0.400. The fourth-order valence-electron chi connectivity index (χ4n) is 5.17. The highest BCUT2D eigenvalue weighted by atomic mass is 19.1. The van der Waals surface area contributed by atoms with Crippen LogP contribution in [0.2, 0.25) is 0 Å². The zero-order valence-corrected chi connectivity index (χ0v) is 21.6. The van der Waals surface area contributed by atoms with Crippen molar-refractivity contribution in [3.05, 3.63) is 72.1 Å². The lowest BCUT2D eigenvalue weighted by Gasteiger charge is -2.39. The average Bonchev–Trinajstić information content (AvgIpc) is 3.37. The lowest BCUT2D eigenvalue weighted by atomic mass is 9.93. The summed E-state index contributed by atoms with van der Waals surface area (Å²) in [6, 6.07) is 16.9. The highest BCUT2D eigenvalue weighted by Gasteiger charge is 2.29. The number of allylic oxidation sites excluding steroid dienone is 2. The minimum absolute atomic E-state index is 0.0361. The van der Waals surface area contributed by atoms with Crippen LogP contribution in [0.15, 0.2) is 60.7 Å². The van der Waals surface area contributed by atoms with Crippen molar-refractivity contribution in [3.8, 4) is 23.0 Å². The number of rotatable bonds is 7. The zero-order chi connectivity index (χ0) is 25.8. The summed E-state index contributed by atoms with van der Waals surface area (Å²) >= 11 is 0. The smallest absolute Gasteiger partial charge is 0.149 e. The van der Waals surface area contributed by atoms with Crippen LogP contribution in [-0.2, 0) is 4.74 Å². The maximum absolute atomic E-state index is 14.5. The predicted octanol–water partition coefficient (Wildman–Crippen LogP) is 6.32. The molecule has 1 unspecified atom stereocenters. The second kappa shape index (κ2) is 10.8. The summed E-state index contributed by atoms with van der Waals surface area (Å²) in [6.07, 6.45) is 9.83. The first-order chi connectivity index (χ1) is 18.0. The third-order valence-electron chi connectivity index (χ3n) is 7.82. The molecule has 0 spiro atoms. The Kier molecular flexibility index (Phi) is 7.29. The number of nitrogens with one attached hydrogen (secondary N) is 1. The number of hydrogen-bond acceptors (Lipinski definition) is 5. The largest absolute Gasteiger partial charge is 0.378 e. The Morgan fingerprint density at radius 2 is 1.86 bits per heavy atom. The van der Waals surface area contributed by atoms with Gasteiger partial charge in [-0.15, -0.1) is 5.10 Å². The molecule has 1 aliphatic heterocycles. The summed E-state index contributed by atoms with van der Waals surface area (Å²) < 4.78 is 22.1. The van der Waals surface area contributed by atoms with Crippen LogP contribution >= 0.6 is 0 Å². The summed E-state index contributed by atoms with van der Waals surface area (Å²) in [7, 11) is 1.79. The number of nitriles is 1. The standard InChI is InChI=1S/C30H34FN5O/c1-30(37-2)14-16-35(17-15-30)25-10-12-26(13-11-25)36-28(23-8-9-24(20-32)27(31)18-23)19-29(34-36)33-21-22-6-4-3-5-7-22/h3-4,8-13,18-19,22H,5-7,14-17,21H2,1-2H3,(H,33,34). The van der Waals surface area contributed by atoms with Gasteiger partial charge in [0.2, 0.25) is 0 Å². The second-order valence-electron chi connectivity index (χ2n) is 10.3. The minimum Gasteiger partial charge on any atom is -0.378 e. The van der Waals surface area contributed by atoms with Gasteiger partial charge in [0.05, 0.1) is 22.5 Å². The summed E-state index contributed by atoms with van der Waals surface area (Å²) in [5, 5.41) is 17.5. The van der Waals surface area contributed by atoms with Crippen molar-refractivity contribution in [3.63, 3.8) is 0 Å². The number of ether oxygens (including phenoxy) is 1. The third-order valence-corrected chi connectivity index (χ3v) is 7.82. The predicted molar refractivity (Wildman–Crippen MR) is 146 cm³/mol. The molecule has 3 aromatic rings. The minimum atomic E-state index is -0.528. The van der Waals surface area contributed by atoms with Crippen molar-refractivity contribution in [1.82, 2.24) is 9.78 Å². The van der Waals surface area contributed by atoms with Gasteiger partial charge in [-0.1, -0.05) is 18.2 Å². The number of aromatic nitrogens is 2. The monoisotopic (exact) mass is 499 g/mol. The van der Waals surface area contributed by atoms with Crippen molar-refractivity contribution in [1.29, 1.82) is 5.26 Å². The lowest BCUT2D eigenvalue weighted by molar-refractivity contribution is -0.0132. The summed E-state index contributed by atoms with van der Waals surface area (Å²) in [6.45, 7) is 4.92. The first-order valence-electron chi connectivity index (χ1n) is 13.1. The molecule has 1 N–H and O–H groups in total. The Bertz CT molecular complexity index is 1300. The Labute approximate surface area is 218 Å². The Hall–Kier alpha value is -3.63. The SMILES string of the molecule is COC1(C)CCN(c2ccc(-n3nc(NCC4CC=CCC4)cc3-c3ccc(C#N)c(F)c3)cc2)CC1. The molecule has 0 amide bonds. The Morgan fingerprint density at radius 1 is 1.11 bits per heavy atom. The van der Waals surface area contributed by atoms with E-state index >= 15 is 0 Å². The van der Waals surface area contributed by atoms with Crippen molar-refractivity contribution in [2.45, 2.75) is 44.6 Å². The number of hydrogen-bond donors (Lipinski definition) is 1. The molecule has 2 heterocycles. The van der Waals surface area contributed by atoms with Crippen molar-refractivity contribution < 1.29 is 9.13 Å². The van der Waals surface area contributed by atoms with E-state index in [1.165, 1.54) is 24.2 Å². The van der Waals surface area contributed by atoms with Gasteiger partial charge in [-0.2, -0.15) is 5.26 Å². The summed E-state index contributed by atoms with van der Waals surface area (Å²) in [5.74, 6) is 0.808. The summed E-state index contributed by atoms with van der Waals surface area (Å²) in [4.78, 5) is 2.39. The maximum atomic E-state index is 14.5. The van der Waals surface area contributed by atoms with Crippen LogP contribution in [-0.4, -0.2) is 42.1 Å². The van der Waals surface area contributed by atoms with Crippen LogP contribution in [0.25, 0.3) is 16.9 Å². The third kappa shape index (κ3) is 5.55. The molecule has 2 aliphatic rings. The van der Waals surface area contributed by atoms with Gasteiger partial charge in [0.25, 0.3) is 0 Å². The molecule has 6 nitrogen and oxygen atoms in total. The molecule has 192 valence electrons. The molecule has 1 saturated heterocycles. The van der Waals surface area contributed by atoms with Gasteiger partial charge in [-0.05, 0) is 81.3 Å². The number of benzene rings is 2. The molecule has 1 aliphatic carbocycles. The second-order valence-corrected chi connectivity index (χ2v) is 10.3. The average molecular weight is 500 g/mol. The number of anilines is 2. The highest BCUT2D eigenvalue weighted by Crippen LogP contribution is 2.31. The van der Waals surface area contributed by atoms with Crippen molar-refractivity contribution in [2.24, 2.45) is 5.92 Å². The van der Waals surface area contributed by atoms with Gasteiger partial charge in [0, 0.05) is 44.1 Å². The molecule has 0 saturated carbocycles. The Balaban J connectivity index is 1.41. The molecule has 1 fully saturated rings. The van der Waals surface area contributed by atoms with E-state index in [-0.39, 0.29) is 11.2 Å². The molecule has 37 heavy (non-hydrogen) atoms. The van der Waals surface area contributed by atoms with Crippen molar-refractivity contribution >= 4 is 11.5 Å². The molecule has 0 bridgehead atoms. The molecular formula is C30H34FN5O. The number of piperidine rings is 1. The quantitative estimate of drug-likeness (QED) is 0.385. The first kappa shape index (κ1) is 25.0. The van der Waals surface area contributed by atoms with E-state index in [1.807, 2.05) is 16.8 Å². The molecule has 1 aromatic heterocycles. The molecule has 7 heteroatoms. The van der Waals surface area contributed by atoms with Crippen LogP contribution in [0.1, 0.15) is 44.6 Å². The lowest BCUT2D eigenvalue weighted by Crippen LogP contribution is -2.43. The molecule has 0 radical (unpaired) electrons. The van der Waals surface area contributed by atoms with Crippen LogP contribution in [0.5, 0.6) is 0 Å². The summed E-state index contributed by atoms with van der Waals surface area (Å²) in [5.41, 5.74) is 3.51. The van der Waals surface area contributed by atoms with Gasteiger partial charge in [0.15, 0.2) is 0 Å². The number of methoxy groups -OCH3 is 1. The van der Waals surface area contributed by atoms with E-state index in [0.717, 1.165) is 62.5 Å². The molecule has 1 atom stereocenters. The van der Waals surface area contributed by atoms with E-state index in [9.17, 15) is 4.39 Å². The van der Waals surface area contributed by atoms with Crippen LogP contribution < -0.4 is 10.2 Å². The molecule has 2 aromatic carbocycles. The Morgan fingerprint density at radius 3 is 2.51 bits per heavy atom. The number of halogens is 1. The fourth-order valence-corrected chi connectivity index (χ4v) is 5.17. The van der Waals surface area contributed by atoms with Gasteiger partial charge in [0.1, 0.15) is 17.7 Å². The van der Waals surface area contributed by atoms with Crippen molar-refractivity contribution in [2.75, 3.05) is 37.0 Å². The van der Waals surface area contributed by atoms with E-state index in [1.54, 1.807) is 13.2 Å². The van der Waals surface area contributed by atoms with Crippen LogP contribution in [0, 0.1) is 23.1 Å². The molecule has 5 rings (SSSR count). The van der Waals surface area contributed by atoms with E-state index in [0.29, 0.717) is 11.5 Å². The zero-order valence-electron chi connectivity index (χ0n) is 21.6. The van der Waals surface area contributed by atoms with Gasteiger partial charge < -0.3 is 15.0 Å². The normalized spacial score (nSPS) is 19.0. The maximum Gasteiger partial charge on any atom is 0.149 e. The van der Waals surface area contributed by atoms with Gasteiger partial charge in [-0.25, -0.2) is 9.07 Å². The topological polar surface area (TPSA) is 66.1 Å². The first-order valence-corrected chi connectivity index (χ1v) is 13.1. The van der Waals surface area contributed by atoms with Crippen LogP contribution in [0.4, 0.5) is 15.9 Å². The van der Waals surface area contributed by atoms with E-state index in [2.05, 4.69) is 53.6 Å². The van der Waals surface area contributed by atoms with Gasteiger partial charge >= 0.3 is 0 Å². The molecular weight excluding hydrogens is 465 g/mol.